The SMILES string of the molecule is Cc1ccc(CNC(=O)c2cnc(NCCc3ccc(F)cc3)cn2)cc1. The molecule has 0 saturated carbocycles. The van der Waals surface area contributed by atoms with Crippen LogP contribution in [0.4, 0.5) is 10.2 Å². The summed E-state index contributed by atoms with van der Waals surface area (Å²) >= 11 is 0. The molecule has 0 aliphatic carbocycles. The fraction of sp³-hybridized carbons (Fsp3) is 0.190. The molecule has 0 fully saturated rings. The molecule has 0 radical (unpaired) electrons. The van der Waals surface area contributed by atoms with Gasteiger partial charge in [0.2, 0.25) is 0 Å². The van der Waals surface area contributed by atoms with E-state index in [1.54, 1.807) is 12.1 Å². The zero-order chi connectivity index (χ0) is 19.1. The van der Waals surface area contributed by atoms with Crippen molar-refractivity contribution in [2.24, 2.45) is 0 Å². The number of amides is 1. The highest BCUT2D eigenvalue weighted by atomic mass is 19.1. The molecule has 1 aromatic heterocycles. The predicted molar refractivity (Wildman–Crippen MR) is 103 cm³/mol. The van der Waals surface area contributed by atoms with E-state index in [1.165, 1.54) is 30.1 Å². The second-order valence-electron chi connectivity index (χ2n) is 6.26. The van der Waals surface area contributed by atoms with E-state index >= 15 is 0 Å². The Morgan fingerprint density at radius 2 is 1.67 bits per heavy atom. The summed E-state index contributed by atoms with van der Waals surface area (Å²) in [4.78, 5) is 20.5. The number of nitrogens with zero attached hydrogens (tertiary/aromatic N) is 2. The minimum atomic E-state index is -0.263. The van der Waals surface area contributed by atoms with Gasteiger partial charge in [0.25, 0.3) is 5.91 Å². The molecule has 0 aliphatic rings. The Morgan fingerprint density at radius 1 is 0.963 bits per heavy atom. The van der Waals surface area contributed by atoms with Gasteiger partial charge in [-0.3, -0.25) is 4.79 Å². The number of hydrogen-bond acceptors (Lipinski definition) is 4. The summed E-state index contributed by atoms with van der Waals surface area (Å²) in [7, 11) is 0. The third-order valence-electron chi connectivity index (χ3n) is 4.09. The fourth-order valence-corrected chi connectivity index (χ4v) is 2.50. The molecule has 0 saturated heterocycles. The lowest BCUT2D eigenvalue weighted by Crippen LogP contribution is -2.24. The zero-order valence-electron chi connectivity index (χ0n) is 15.1. The topological polar surface area (TPSA) is 66.9 Å². The van der Waals surface area contributed by atoms with Crippen LogP contribution in [0, 0.1) is 12.7 Å². The molecule has 5 nitrogen and oxygen atoms in total. The highest BCUT2D eigenvalue weighted by molar-refractivity contribution is 5.91. The average Bonchev–Trinajstić information content (AvgIpc) is 2.69. The van der Waals surface area contributed by atoms with Crippen molar-refractivity contribution in [1.82, 2.24) is 15.3 Å². The Morgan fingerprint density at radius 3 is 2.33 bits per heavy atom. The maximum atomic E-state index is 12.9. The van der Waals surface area contributed by atoms with Crippen LogP contribution in [0.1, 0.15) is 27.2 Å². The second kappa shape index (κ2) is 8.89. The number of nitrogens with one attached hydrogen (secondary N) is 2. The number of rotatable bonds is 7. The summed E-state index contributed by atoms with van der Waals surface area (Å²) in [5.74, 6) is 0.0851. The summed E-state index contributed by atoms with van der Waals surface area (Å²) in [6.45, 7) is 3.10. The fourth-order valence-electron chi connectivity index (χ4n) is 2.50. The molecule has 2 aromatic carbocycles. The largest absolute Gasteiger partial charge is 0.368 e. The van der Waals surface area contributed by atoms with Gasteiger partial charge in [0.1, 0.15) is 17.3 Å². The van der Waals surface area contributed by atoms with E-state index in [-0.39, 0.29) is 17.4 Å². The number of carbonyl (C=O) groups is 1. The third-order valence-corrected chi connectivity index (χ3v) is 4.09. The van der Waals surface area contributed by atoms with Crippen LogP contribution >= 0.6 is 0 Å². The van der Waals surface area contributed by atoms with Crippen molar-refractivity contribution >= 4 is 11.7 Å². The lowest BCUT2D eigenvalue weighted by Gasteiger charge is -2.07. The maximum absolute atomic E-state index is 12.9. The molecule has 138 valence electrons. The highest BCUT2D eigenvalue weighted by Gasteiger charge is 2.07. The normalized spacial score (nSPS) is 10.4. The number of benzene rings is 2. The number of hydrogen-bond donors (Lipinski definition) is 2. The zero-order valence-corrected chi connectivity index (χ0v) is 15.1. The minimum Gasteiger partial charge on any atom is -0.368 e. The first-order valence-corrected chi connectivity index (χ1v) is 8.74. The van der Waals surface area contributed by atoms with Crippen molar-refractivity contribution in [2.75, 3.05) is 11.9 Å². The van der Waals surface area contributed by atoms with Crippen molar-refractivity contribution in [2.45, 2.75) is 19.9 Å². The summed E-state index contributed by atoms with van der Waals surface area (Å²) in [6, 6.07) is 14.4. The van der Waals surface area contributed by atoms with Gasteiger partial charge in [0, 0.05) is 13.1 Å². The van der Waals surface area contributed by atoms with Gasteiger partial charge in [-0.25, -0.2) is 14.4 Å². The molecule has 0 aliphatic heterocycles. The molecule has 1 amide bonds. The summed E-state index contributed by atoms with van der Waals surface area (Å²) < 4.78 is 12.9. The lowest BCUT2D eigenvalue weighted by atomic mass is 10.1. The Labute approximate surface area is 157 Å². The van der Waals surface area contributed by atoms with Gasteiger partial charge in [0.05, 0.1) is 12.4 Å². The summed E-state index contributed by atoms with van der Waals surface area (Å²) in [5.41, 5.74) is 3.51. The van der Waals surface area contributed by atoms with Gasteiger partial charge in [-0.05, 0) is 36.6 Å². The van der Waals surface area contributed by atoms with Crippen LogP contribution in [0.25, 0.3) is 0 Å². The van der Waals surface area contributed by atoms with E-state index < -0.39 is 0 Å². The average molecular weight is 364 g/mol. The van der Waals surface area contributed by atoms with E-state index in [2.05, 4.69) is 20.6 Å². The molecule has 0 bridgehead atoms. The van der Waals surface area contributed by atoms with Gasteiger partial charge >= 0.3 is 0 Å². The van der Waals surface area contributed by atoms with Crippen LogP contribution in [-0.2, 0) is 13.0 Å². The lowest BCUT2D eigenvalue weighted by molar-refractivity contribution is 0.0945. The number of halogens is 1. The van der Waals surface area contributed by atoms with Gasteiger partial charge < -0.3 is 10.6 Å². The van der Waals surface area contributed by atoms with E-state index in [0.29, 0.717) is 18.9 Å². The first kappa shape index (κ1) is 18.5. The Balaban J connectivity index is 1.46. The Bertz CT molecular complexity index is 878. The van der Waals surface area contributed by atoms with E-state index in [1.807, 2.05) is 31.2 Å². The number of aromatic nitrogens is 2. The van der Waals surface area contributed by atoms with Crippen LogP contribution in [0.2, 0.25) is 0 Å². The molecule has 3 aromatic rings. The van der Waals surface area contributed by atoms with E-state index in [0.717, 1.165) is 17.5 Å². The van der Waals surface area contributed by atoms with Crippen LogP contribution in [-0.4, -0.2) is 22.4 Å². The molecule has 0 atom stereocenters. The molecule has 6 heteroatoms. The maximum Gasteiger partial charge on any atom is 0.271 e. The van der Waals surface area contributed by atoms with Crippen molar-refractivity contribution in [3.05, 3.63) is 89.1 Å². The van der Waals surface area contributed by atoms with Gasteiger partial charge in [-0.1, -0.05) is 42.0 Å². The molecule has 3 rings (SSSR count). The molecule has 27 heavy (non-hydrogen) atoms. The van der Waals surface area contributed by atoms with Gasteiger partial charge in [-0.15, -0.1) is 0 Å². The van der Waals surface area contributed by atoms with Crippen LogP contribution in [0.5, 0.6) is 0 Å². The molecule has 0 spiro atoms. The summed E-state index contributed by atoms with van der Waals surface area (Å²) in [5, 5.41) is 5.97. The highest BCUT2D eigenvalue weighted by Crippen LogP contribution is 2.06. The smallest absolute Gasteiger partial charge is 0.271 e. The summed E-state index contributed by atoms with van der Waals surface area (Å²) in [6.07, 6.45) is 3.72. The van der Waals surface area contributed by atoms with E-state index in [9.17, 15) is 9.18 Å². The second-order valence-corrected chi connectivity index (χ2v) is 6.26. The number of carbonyl (C=O) groups excluding carboxylic acids is 1. The predicted octanol–water partition coefficient (Wildman–Crippen LogP) is 3.51. The quantitative estimate of drug-likeness (QED) is 0.673. The minimum absolute atomic E-state index is 0.242. The molecule has 1 heterocycles. The molecular formula is C21H21FN4O. The third kappa shape index (κ3) is 5.60. The van der Waals surface area contributed by atoms with Crippen LogP contribution in [0.3, 0.4) is 0 Å². The van der Waals surface area contributed by atoms with Crippen molar-refractivity contribution in [3.8, 4) is 0 Å². The Hall–Kier alpha value is -3.28. The monoisotopic (exact) mass is 364 g/mol. The van der Waals surface area contributed by atoms with Gasteiger partial charge in [0.15, 0.2) is 0 Å². The van der Waals surface area contributed by atoms with Crippen molar-refractivity contribution in [1.29, 1.82) is 0 Å². The molecular weight excluding hydrogens is 343 g/mol. The first-order valence-electron chi connectivity index (χ1n) is 8.74. The van der Waals surface area contributed by atoms with Crippen LogP contribution < -0.4 is 10.6 Å². The molecule has 0 unspecified atom stereocenters. The van der Waals surface area contributed by atoms with E-state index in [4.69, 9.17) is 0 Å². The van der Waals surface area contributed by atoms with Crippen molar-refractivity contribution < 1.29 is 9.18 Å². The van der Waals surface area contributed by atoms with Crippen LogP contribution in [0.15, 0.2) is 60.9 Å². The number of anilines is 1. The Kier molecular flexibility index (Phi) is 6.10. The van der Waals surface area contributed by atoms with Crippen molar-refractivity contribution in [3.63, 3.8) is 0 Å². The molecule has 2 N–H and O–H groups in total. The van der Waals surface area contributed by atoms with Gasteiger partial charge in [-0.2, -0.15) is 0 Å². The standard InChI is InChI=1S/C21H21FN4O/c1-15-2-4-17(5-3-15)12-26-21(27)19-13-25-20(14-24-19)23-11-10-16-6-8-18(22)9-7-16/h2-9,13-14H,10-12H2,1H3,(H,23,25)(H,26,27). The number of aryl methyl sites for hydroxylation is 1. The first-order chi connectivity index (χ1) is 13.1.